The fourth-order valence-electron chi connectivity index (χ4n) is 1.37. The molecule has 0 saturated heterocycles. The second-order valence-corrected chi connectivity index (χ2v) is 4.56. The van der Waals surface area contributed by atoms with Gasteiger partial charge in [-0.05, 0) is 6.42 Å². The van der Waals surface area contributed by atoms with Gasteiger partial charge in [0, 0.05) is 5.38 Å². The minimum absolute atomic E-state index is 0.301. The summed E-state index contributed by atoms with van der Waals surface area (Å²) < 4.78 is 0. The van der Waals surface area contributed by atoms with Crippen molar-refractivity contribution < 1.29 is 14.7 Å². The first-order chi connectivity index (χ1) is 8.63. The normalized spacial score (nSPS) is 11.8. The van der Waals surface area contributed by atoms with E-state index in [9.17, 15) is 9.59 Å². The number of rotatable bonds is 7. The van der Waals surface area contributed by atoms with Crippen molar-refractivity contribution in [1.82, 2.24) is 15.6 Å². The maximum Gasteiger partial charge on any atom is 0.326 e. The number of amides is 2. The van der Waals surface area contributed by atoms with Gasteiger partial charge >= 0.3 is 12.0 Å². The Morgan fingerprint density at radius 2 is 2.33 bits per heavy atom. The van der Waals surface area contributed by atoms with Crippen molar-refractivity contribution in [3.8, 4) is 0 Å². The van der Waals surface area contributed by atoms with Gasteiger partial charge in [0.2, 0.25) is 0 Å². The summed E-state index contributed by atoms with van der Waals surface area (Å²) in [5.41, 5.74) is 2.44. The number of nitrogens with one attached hydrogen (secondary N) is 2. The second-order valence-electron chi connectivity index (χ2n) is 3.84. The summed E-state index contributed by atoms with van der Waals surface area (Å²) in [5, 5.41) is 15.8. The number of aromatic nitrogens is 1. The maximum absolute atomic E-state index is 11.5. The molecule has 18 heavy (non-hydrogen) atoms. The molecule has 100 valence electrons. The highest BCUT2D eigenvalue weighted by Gasteiger charge is 2.18. The minimum atomic E-state index is -1.01. The fraction of sp³-hybridized carbons (Fsp3) is 0.545. The average Bonchev–Trinajstić information content (AvgIpc) is 2.84. The standard InChI is InChI=1S/C11H17N3O3S/c1-2-3-4-9(10(15)16)14-11(17)12-5-8-6-18-7-13-8/h6-7,9H,2-5H2,1H3,(H,15,16)(H2,12,14,17)/t9-/m0/s1. The van der Waals surface area contributed by atoms with E-state index in [2.05, 4.69) is 15.6 Å². The number of urea groups is 1. The first-order valence-electron chi connectivity index (χ1n) is 5.77. The molecule has 0 fully saturated rings. The largest absolute Gasteiger partial charge is 0.480 e. The summed E-state index contributed by atoms with van der Waals surface area (Å²) in [4.78, 5) is 26.4. The van der Waals surface area contributed by atoms with E-state index in [4.69, 9.17) is 5.11 Å². The predicted octanol–water partition coefficient (Wildman–Crippen LogP) is 1.59. The Labute approximate surface area is 109 Å². The van der Waals surface area contributed by atoms with Crippen LogP contribution in [0.1, 0.15) is 31.9 Å². The molecule has 0 aliphatic heterocycles. The van der Waals surface area contributed by atoms with Crippen LogP contribution in [0, 0.1) is 0 Å². The fourth-order valence-corrected chi connectivity index (χ4v) is 1.93. The molecule has 0 aliphatic rings. The van der Waals surface area contributed by atoms with E-state index in [-0.39, 0.29) is 0 Å². The molecular weight excluding hydrogens is 254 g/mol. The number of carbonyl (C=O) groups is 2. The van der Waals surface area contributed by atoms with Crippen LogP contribution in [0.25, 0.3) is 0 Å². The number of hydrogen-bond donors (Lipinski definition) is 3. The van der Waals surface area contributed by atoms with Gasteiger partial charge < -0.3 is 15.7 Å². The quantitative estimate of drug-likeness (QED) is 0.702. The molecule has 1 heterocycles. The van der Waals surface area contributed by atoms with Crippen molar-refractivity contribution in [2.75, 3.05) is 0 Å². The average molecular weight is 271 g/mol. The summed E-state index contributed by atoms with van der Waals surface area (Å²) >= 11 is 1.44. The number of aliphatic carboxylic acids is 1. The second kappa shape index (κ2) is 7.65. The topological polar surface area (TPSA) is 91.3 Å². The number of carboxylic acid groups (broad SMARTS) is 1. The van der Waals surface area contributed by atoms with Crippen molar-refractivity contribution in [2.45, 2.75) is 38.8 Å². The van der Waals surface area contributed by atoms with Crippen LogP contribution in [0.4, 0.5) is 4.79 Å². The third-order valence-corrected chi connectivity index (χ3v) is 3.00. The molecule has 0 aromatic carbocycles. The van der Waals surface area contributed by atoms with Crippen molar-refractivity contribution >= 4 is 23.3 Å². The number of nitrogens with zero attached hydrogens (tertiary/aromatic N) is 1. The monoisotopic (exact) mass is 271 g/mol. The molecule has 0 unspecified atom stereocenters. The van der Waals surface area contributed by atoms with E-state index in [0.29, 0.717) is 13.0 Å². The zero-order chi connectivity index (χ0) is 13.4. The maximum atomic E-state index is 11.5. The molecule has 1 aromatic rings. The van der Waals surface area contributed by atoms with E-state index in [1.807, 2.05) is 12.3 Å². The van der Waals surface area contributed by atoms with Crippen LogP contribution in [0.15, 0.2) is 10.9 Å². The van der Waals surface area contributed by atoms with Crippen LogP contribution in [0.2, 0.25) is 0 Å². The Hall–Kier alpha value is -1.63. The number of carbonyl (C=O) groups excluding carboxylic acids is 1. The third kappa shape index (κ3) is 5.13. The van der Waals surface area contributed by atoms with Gasteiger partial charge in [-0.3, -0.25) is 0 Å². The van der Waals surface area contributed by atoms with Crippen LogP contribution in [0.5, 0.6) is 0 Å². The molecule has 2 amide bonds. The third-order valence-electron chi connectivity index (χ3n) is 2.36. The molecule has 3 N–H and O–H groups in total. The van der Waals surface area contributed by atoms with Gasteiger partial charge in [-0.1, -0.05) is 19.8 Å². The minimum Gasteiger partial charge on any atom is -0.480 e. The van der Waals surface area contributed by atoms with Gasteiger partial charge in [-0.15, -0.1) is 11.3 Å². The van der Waals surface area contributed by atoms with Gasteiger partial charge in [-0.25, -0.2) is 14.6 Å². The highest BCUT2D eigenvalue weighted by atomic mass is 32.1. The Morgan fingerprint density at radius 1 is 1.56 bits per heavy atom. The molecule has 0 saturated carbocycles. The molecule has 6 nitrogen and oxygen atoms in total. The highest BCUT2D eigenvalue weighted by Crippen LogP contribution is 2.02. The van der Waals surface area contributed by atoms with Gasteiger partial charge in [0.05, 0.1) is 17.7 Å². The lowest BCUT2D eigenvalue weighted by Gasteiger charge is -2.14. The summed E-state index contributed by atoms with van der Waals surface area (Å²) in [6.45, 7) is 2.27. The van der Waals surface area contributed by atoms with Gasteiger partial charge in [0.15, 0.2) is 0 Å². The SMILES string of the molecule is CCCC[C@H](NC(=O)NCc1cscn1)C(=O)O. The van der Waals surface area contributed by atoms with Crippen LogP contribution in [0.3, 0.4) is 0 Å². The van der Waals surface area contributed by atoms with Crippen molar-refractivity contribution in [1.29, 1.82) is 0 Å². The van der Waals surface area contributed by atoms with Crippen molar-refractivity contribution in [2.24, 2.45) is 0 Å². The lowest BCUT2D eigenvalue weighted by atomic mass is 10.1. The van der Waals surface area contributed by atoms with Crippen molar-refractivity contribution in [3.05, 3.63) is 16.6 Å². The first kappa shape index (κ1) is 14.4. The smallest absolute Gasteiger partial charge is 0.326 e. The van der Waals surface area contributed by atoms with Crippen LogP contribution in [-0.4, -0.2) is 28.1 Å². The summed E-state index contributed by atoms with van der Waals surface area (Å²) in [7, 11) is 0. The first-order valence-corrected chi connectivity index (χ1v) is 6.72. The molecule has 0 spiro atoms. The Bertz CT molecular complexity index is 381. The molecule has 0 bridgehead atoms. The molecule has 1 atom stereocenters. The van der Waals surface area contributed by atoms with E-state index in [1.165, 1.54) is 11.3 Å². The van der Waals surface area contributed by atoms with Gasteiger partial charge in [0.25, 0.3) is 0 Å². The highest BCUT2D eigenvalue weighted by molar-refractivity contribution is 7.07. The molecule has 7 heteroatoms. The Kier molecular flexibility index (Phi) is 6.13. The number of unbranched alkanes of at least 4 members (excludes halogenated alkanes) is 1. The van der Waals surface area contributed by atoms with E-state index >= 15 is 0 Å². The number of carboxylic acids is 1. The Morgan fingerprint density at radius 3 is 2.89 bits per heavy atom. The van der Waals surface area contributed by atoms with E-state index in [1.54, 1.807) is 5.51 Å². The van der Waals surface area contributed by atoms with Crippen molar-refractivity contribution in [3.63, 3.8) is 0 Å². The molecule has 1 rings (SSSR count). The Balaban J connectivity index is 2.34. The predicted molar refractivity (Wildman–Crippen MR) is 68.4 cm³/mol. The van der Waals surface area contributed by atoms with E-state index < -0.39 is 18.0 Å². The number of hydrogen-bond acceptors (Lipinski definition) is 4. The molecule has 1 aromatic heterocycles. The summed E-state index contributed by atoms with van der Waals surface area (Å²) in [5.74, 6) is -1.01. The summed E-state index contributed by atoms with van der Waals surface area (Å²) in [6, 6.07) is -1.31. The molecular formula is C11H17N3O3S. The lowest BCUT2D eigenvalue weighted by Crippen LogP contribution is -2.45. The number of thiazole rings is 1. The molecule has 0 aliphatic carbocycles. The lowest BCUT2D eigenvalue weighted by molar-refractivity contribution is -0.139. The van der Waals surface area contributed by atoms with Gasteiger partial charge in [0.1, 0.15) is 6.04 Å². The van der Waals surface area contributed by atoms with Crippen LogP contribution < -0.4 is 10.6 Å². The summed E-state index contributed by atoms with van der Waals surface area (Å²) in [6.07, 6.45) is 2.10. The zero-order valence-corrected chi connectivity index (χ0v) is 11.0. The van der Waals surface area contributed by atoms with Crippen LogP contribution in [-0.2, 0) is 11.3 Å². The van der Waals surface area contributed by atoms with Crippen LogP contribution >= 0.6 is 11.3 Å². The zero-order valence-electron chi connectivity index (χ0n) is 10.2. The van der Waals surface area contributed by atoms with Gasteiger partial charge in [-0.2, -0.15) is 0 Å². The van der Waals surface area contributed by atoms with E-state index in [0.717, 1.165) is 18.5 Å². The molecule has 0 radical (unpaired) electrons.